The summed E-state index contributed by atoms with van der Waals surface area (Å²) in [7, 11) is 0. The van der Waals surface area contributed by atoms with Gasteiger partial charge in [0.25, 0.3) is 0 Å². The lowest BCUT2D eigenvalue weighted by molar-refractivity contribution is -0.140. The summed E-state index contributed by atoms with van der Waals surface area (Å²) in [5, 5.41) is 11.7. The first-order chi connectivity index (χ1) is 15.0. The SMILES string of the molecule is O=C(NC(COc1ccc(F)cc1)C(=O)O)OCC1c2ccccc2-c2ccccc21. The van der Waals surface area contributed by atoms with Crippen LogP contribution in [0, 0.1) is 5.82 Å². The van der Waals surface area contributed by atoms with Crippen molar-refractivity contribution in [2.75, 3.05) is 13.2 Å². The number of rotatable bonds is 7. The molecular weight excluding hydrogens is 401 g/mol. The van der Waals surface area contributed by atoms with Crippen LogP contribution in [0.5, 0.6) is 5.75 Å². The molecule has 0 saturated heterocycles. The van der Waals surface area contributed by atoms with Crippen molar-refractivity contribution in [3.63, 3.8) is 0 Å². The molecule has 6 nitrogen and oxygen atoms in total. The second-order valence-corrected chi connectivity index (χ2v) is 7.13. The van der Waals surface area contributed by atoms with Gasteiger partial charge in [-0.1, -0.05) is 48.5 Å². The predicted molar refractivity (Wildman–Crippen MR) is 112 cm³/mol. The minimum Gasteiger partial charge on any atom is -0.491 e. The Morgan fingerprint density at radius 2 is 1.52 bits per heavy atom. The number of benzene rings is 3. The molecule has 158 valence electrons. The lowest BCUT2D eigenvalue weighted by atomic mass is 9.98. The van der Waals surface area contributed by atoms with Crippen LogP contribution in [0.4, 0.5) is 9.18 Å². The van der Waals surface area contributed by atoms with E-state index in [1.807, 2.05) is 48.5 Å². The van der Waals surface area contributed by atoms with Crippen molar-refractivity contribution in [3.05, 3.63) is 89.7 Å². The van der Waals surface area contributed by atoms with Crippen LogP contribution in [0.1, 0.15) is 17.0 Å². The Morgan fingerprint density at radius 1 is 0.935 bits per heavy atom. The zero-order valence-electron chi connectivity index (χ0n) is 16.5. The van der Waals surface area contributed by atoms with Crippen LogP contribution in [-0.4, -0.2) is 36.4 Å². The van der Waals surface area contributed by atoms with Gasteiger partial charge in [-0.25, -0.2) is 14.0 Å². The molecule has 0 saturated carbocycles. The van der Waals surface area contributed by atoms with E-state index in [2.05, 4.69) is 5.32 Å². The molecule has 0 bridgehead atoms. The van der Waals surface area contributed by atoms with Gasteiger partial charge in [0, 0.05) is 5.92 Å². The molecule has 1 aliphatic carbocycles. The van der Waals surface area contributed by atoms with E-state index in [1.165, 1.54) is 24.3 Å². The Labute approximate surface area is 178 Å². The molecule has 31 heavy (non-hydrogen) atoms. The van der Waals surface area contributed by atoms with Crippen LogP contribution in [0.15, 0.2) is 72.8 Å². The maximum Gasteiger partial charge on any atom is 0.407 e. The average molecular weight is 421 g/mol. The van der Waals surface area contributed by atoms with Gasteiger partial charge < -0.3 is 19.9 Å². The number of hydrogen-bond acceptors (Lipinski definition) is 4. The van der Waals surface area contributed by atoms with Gasteiger partial charge in [0.05, 0.1) is 0 Å². The third kappa shape index (κ3) is 4.50. The number of carbonyl (C=O) groups is 2. The van der Waals surface area contributed by atoms with Crippen molar-refractivity contribution in [2.24, 2.45) is 0 Å². The van der Waals surface area contributed by atoms with E-state index in [0.717, 1.165) is 22.3 Å². The summed E-state index contributed by atoms with van der Waals surface area (Å²) >= 11 is 0. The molecule has 7 heteroatoms. The van der Waals surface area contributed by atoms with Crippen molar-refractivity contribution in [3.8, 4) is 16.9 Å². The number of carbonyl (C=O) groups excluding carboxylic acids is 1. The fourth-order valence-corrected chi connectivity index (χ4v) is 3.67. The standard InChI is InChI=1S/C24H20FNO5/c25-15-9-11-16(12-10-15)30-14-22(23(27)28)26-24(29)31-13-21-19-7-3-1-5-17(19)18-6-2-4-8-20(18)21/h1-12,21-22H,13-14H2,(H,26,29)(H,27,28). The van der Waals surface area contributed by atoms with Gasteiger partial charge >= 0.3 is 12.1 Å². The van der Waals surface area contributed by atoms with E-state index in [0.29, 0.717) is 5.75 Å². The highest BCUT2D eigenvalue weighted by Gasteiger charge is 2.29. The fourth-order valence-electron chi connectivity index (χ4n) is 3.67. The molecule has 2 N–H and O–H groups in total. The summed E-state index contributed by atoms with van der Waals surface area (Å²) in [5.74, 6) is -1.53. The molecule has 1 unspecified atom stereocenters. The largest absolute Gasteiger partial charge is 0.491 e. The average Bonchev–Trinajstić information content (AvgIpc) is 3.10. The number of halogens is 1. The van der Waals surface area contributed by atoms with Crippen LogP contribution >= 0.6 is 0 Å². The van der Waals surface area contributed by atoms with Crippen molar-refractivity contribution >= 4 is 12.1 Å². The van der Waals surface area contributed by atoms with Gasteiger partial charge in [0.1, 0.15) is 24.8 Å². The van der Waals surface area contributed by atoms with E-state index in [4.69, 9.17) is 9.47 Å². The van der Waals surface area contributed by atoms with E-state index >= 15 is 0 Å². The lowest BCUT2D eigenvalue weighted by Crippen LogP contribution is -2.45. The minimum atomic E-state index is -1.32. The van der Waals surface area contributed by atoms with Gasteiger partial charge in [-0.05, 0) is 46.5 Å². The van der Waals surface area contributed by atoms with Gasteiger partial charge in [-0.15, -0.1) is 0 Å². The van der Waals surface area contributed by atoms with Crippen LogP contribution in [-0.2, 0) is 9.53 Å². The zero-order valence-corrected chi connectivity index (χ0v) is 16.5. The third-order valence-electron chi connectivity index (χ3n) is 5.16. The smallest absolute Gasteiger partial charge is 0.407 e. The molecule has 0 heterocycles. The number of alkyl carbamates (subject to hydrolysis) is 1. The molecule has 0 radical (unpaired) electrons. The molecule has 1 atom stereocenters. The predicted octanol–water partition coefficient (Wildman–Crippen LogP) is 4.20. The number of fused-ring (bicyclic) bond motifs is 3. The monoisotopic (exact) mass is 421 g/mol. The van der Waals surface area contributed by atoms with E-state index in [1.54, 1.807) is 0 Å². The summed E-state index contributed by atoms with van der Waals surface area (Å²) in [5.41, 5.74) is 4.32. The van der Waals surface area contributed by atoms with E-state index < -0.39 is 23.9 Å². The summed E-state index contributed by atoms with van der Waals surface area (Å²) in [4.78, 5) is 23.8. The molecule has 0 spiro atoms. The molecule has 1 amide bonds. The second kappa shape index (κ2) is 8.87. The molecular formula is C24H20FNO5. The Balaban J connectivity index is 1.38. The zero-order chi connectivity index (χ0) is 21.8. The normalized spacial score (nSPS) is 13.1. The highest BCUT2D eigenvalue weighted by atomic mass is 19.1. The van der Waals surface area contributed by atoms with Crippen molar-refractivity contribution < 1.29 is 28.6 Å². The van der Waals surface area contributed by atoms with Crippen LogP contribution in [0.2, 0.25) is 0 Å². The van der Waals surface area contributed by atoms with E-state index in [-0.39, 0.29) is 19.1 Å². The first kappa shape index (κ1) is 20.4. The molecule has 0 fully saturated rings. The highest BCUT2D eigenvalue weighted by Crippen LogP contribution is 2.44. The summed E-state index contributed by atoms with van der Waals surface area (Å²) in [6, 6.07) is 19.7. The maximum atomic E-state index is 13.0. The molecule has 0 aromatic heterocycles. The maximum absolute atomic E-state index is 13.0. The number of carboxylic acid groups (broad SMARTS) is 1. The number of hydrogen-bond donors (Lipinski definition) is 2. The molecule has 3 aromatic carbocycles. The van der Waals surface area contributed by atoms with Crippen molar-refractivity contribution in [1.82, 2.24) is 5.32 Å². The third-order valence-corrected chi connectivity index (χ3v) is 5.16. The first-order valence-corrected chi connectivity index (χ1v) is 9.75. The second-order valence-electron chi connectivity index (χ2n) is 7.13. The number of nitrogens with one attached hydrogen (secondary N) is 1. The van der Waals surface area contributed by atoms with E-state index in [9.17, 15) is 19.1 Å². The molecule has 0 aliphatic heterocycles. The van der Waals surface area contributed by atoms with Crippen LogP contribution < -0.4 is 10.1 Å². The topological polar surface area (TPSA) is 84.9 Å². The molecule has 1 aliphatic rings. The van der Waals surface area contributed by atoms with Crippen molar-refractivity contribution in [1.29, 1.82) is 0 Å². The highest BCUT2D eigenvalue weighted by molar-refractivity contribution is 5.81. The van der Waals surface area contributed by atoms with Gasteiger partial charge in [-0.3, -0.25) is 0 Å². The van der Waals surface area contributed by atoms with Gasteiger partial charge in [-0.2, -0.15) is 0 Å². The lowest BCUT2D eigenvalue weighted by Gasteiger charge is -2.18. The quantitative estimate of drug-likeness (QED) is 0.597. The minimum absolute atomic E-state index is 0.0744. The summed E-state index contributed by atoms with van der Waals surface area (Å²) in [6.07, 6.45) is -0.850. The number of aliphatic carboxylic acids is 1. The fraction of sp³-hybridized carbons (Fsp3) is 0.167. The Bertz CT molecular complexity index is 1050. The van der Waals surface area contributed by atoms with Gasteiger partial charge in [0.15, 0.2) is 6.04 Å². The summed E-state index contributed by atoms with van der Waals surface area (Å²) < 4.78 is 23.7. The van der Waals surface area contributed by atoms with Crippen LogP contribution in [0.3, 0.4) is 0 Å². The Hall–Kier alpha value is -3.87. The Kier molecular flexibility index (Phi) is 5.84. The number of ether oxygens (including phenoxy) is 2. The first-order valence-electron chi connectivity index (χ1n) is 9.75. The van der Waals surface area contributed by atoms with Gasteiger partial charge in [0.2, 0.25) is 0 Å². The molecule has 4 rings (SSSR count). The Morgan fingerprint density at radius 3 is 2.10 bits per heavy atom. The summed E-state index contributed by atoms with van der Waals surface area (Å²) in [6.45, 7) is -0.254. The molecule has 3 aromatic rings. The van der Waals surface area contributed by atoms with Crippen molar-refractivity contribution in [2.45, 2.75) is 12.0 Å². The van der Waals surface area contributed by atoms with Crippen LogP contribution in [0.25, 0.3) is 11.1 Å². The number of amides is 1. The number of carboxylic acids is 1.